The Morgan fingerprint density at radius 1 is 1.36 bits per heavy atom. The molecule has 2 unspecified atom stereocenters. The van der Waals surface area contributed by atoms with Crippen molar-refractivity contribution in [2.75, 3.05) is 6.54 Å². The van der Waals surface area contributed by atoms with E-state index in [1.807, 2.05) is 0 Å². The second-order valence-corrected chi connectivity index (χ2v) is 3.29. The first-order valence-corrected chi connectivity index (χ1v) is 4.98. The number of urea groups is 1. The number of carbonyl (C=O) groups excluding carboxylic acids is 1. The Kier molecular flexibility index (Phi) is 7.14. The maximum Gasteiger partial charge on any atom is 0.316 e. The summed E-state index contributed by atoms with van der Waals surface area (Å²) >= 11 is 0. The normalized spacial score (nSPS) is 14.6. The molecule has 0 heterocycles. The van der Waals surface area contributed by atoms with Crippen molar-refractivity contribution >= 4 is 6.03 Å². The van der Waals surface area contributed by atoms with Gasteiger partial charge in [0.2, 0.25) is 0 Å². The highest BCUT2D eigenvalue weighted by Crippen LogP contribution is 1.91. The Balaban J connectivity index is 3.45. The van der Waals surface area contributed by atoms with Crippen LogP contribution < -0.4 is 10.6 Å². The molecule has 2 atom stereocenters. The van der Waals surface area contributed by atoms with Crippen molar-refractivity contribution in [1.82, 2.24) is 10.6 Å². The zero-order valence-electron chi connectivity index (χ0n) is 8.79. The van der Waals surface area contributed by atoms with Crippen molar-refractivity contribution in [1.29, 1.82) is 0 Å². The van der Waals surface area contributed by atoms with Crippen LogP contribution in [0.25, 0.3) is 0 Å². The highest BCUT2D eigenvalue weighted by atomic mass is 16.3. The minimum absolute atomic E-state index is 0.450. The fourth-order valence-corrected chi connectivity index (χ4v) is 0.883. The van der Waals surface area contributed by atoms with Crippen LogP contribution in [0.3, 0.4) is 0 Å². The molecule has 2 amide bonds. The quantitative estimate of drug-likeness (QED) is 0.368. The van der Waals surface area contributed by atoms with E-state index in [1.54, 1.807) is 0 Å². The van der Waals surface area contributed by atoms with Gasteiger partial charge < -0.3 is 20.8 Å². The molecular formula is C9H20N2O3. The zero-order valence-corrected chi connectivity index (χ0v) is 8.79. The van der Waals surface area contributed by atoms with E-state index in [0.717, 1.165) is 19.3 Å². The third-order valence-electron chi connectivity index (χ3n) is 1.80. The molecule has 14 heavy (non-hydrogen) atoms. The molecule has 0 fully saturated rings. The van der Waals surface area contributed by atoms with Crippen LogP contribution >= 0.6 is 0 Å². The highest BCUT2D eigenvalue weighted by Gasteiger charge is 2.12. The zero-order chi connectivity index (χ0) is 11.0. The molecule has 0 aliphatic heterocycles. The molecule has 0 saturated carbocycles. The lowest BCUT2D eigenvalue weighted by atomic mass is 10.2. The van der Waals surface area contributed by atoms with Gasteiger partial charge in [0.25, 0.3) is 0 Å². The van der Waals surface area contributed by atoms with Gasteiger partial charge in [0.05, 0.1) is 6.10 Å². The number of aliphatic hydroxyl groups excluding tert-OH is 2. The number of unbranched alkanes of at least 4 members (excludes halogenated alkanes) is 2. The Bertz CT molecular complexity index is 162. The minimum atomic E-state index is -1.21. The summed E-state index contributed by atoms with van der Waals surface area (Å²) in [6.45, 7) is 4.07. The molecule has 84 valence electrons. The SMILES string of the molecule is CCCCCNC(=O)NC(O)C(C)O. The topological polar surface area (TPSA) is 81.6 Å². The number of hydrogen-bond acceptors (Lipinski definition) is 3. The van der Waals surface area contributed by atoms with Crippen LogP contribution in [0.1, 0.15) is 33.1 Å². The van der Waals surface area contributed by atoms with E-state index in [-0.39, 0.29) is 0 Å². The van der Waals surface area contributed by atoms with Crippen molar-refractivity contribution in [3.8, 4) is 0 Å². The first kappa shape index (κ1) is 13.2. The fraction of sp³-hybridized carbons (Fsp3) is 0.889. The van der Waals surface area contributed by atoms with Gasteiger partial charge in [0.1, 0.15) is 0 Å². The van der Waals surface area contributed by atoms with E-state index >= 15 is 0 Å². The van der Waals surface area contributed by atoms with E-state index in [0.29, 0.717) is 6.54 Å². The summed E-state index contributed by atoms with van der Waals surface area (Å²) in [5.41, 5.74) is 0. The summed E-state index contributed by atoms with van der Waals surface area (Å²) in [5.74, 6) is 0. The molecule has 0 aromatic rings. The third-order valence-corrected chi connectivity index (χ3v) is 1.80. The fourth-order valence-electron chi connectivity index (χ4n) is 0.883. The van der Waals surface area contributed by atoms with E-state index in [2.05, 4.69) is 17.6 Å². The Morgan fingerprint density at radius 3 is 2.50 bits per heavy atom. The number of nitrogens with one attached hydrogen (secondary N) is 2. The number of hydrogen-bond donors (Lipinski definition) is 4. The highest BCUT2D eigenvalue weighted by molar-refractivity contribution is 5.73. The molecule has 0 rings (SSSR count). The molecule has 4 N–H and O–H groups in total. The lowest BCUT2D eigenvalue weighted by Crippen LogP contribution is -2.46. The molecule has 0 aliphatic carbocycles. The summed E-state index contributed by atoms with van der Waals surface area (Å²) < 4.78 is 0. The predicted molar refractivity (Wildman–Crippen MR) is 53.7 cm³/mol. The van der Waals surface area contributed by atoms with Gasteiger partial charge in [-0.1, -0.05) is 19.8 Å². The second-order valence-electron chi connectivity index (χ2n) is 3.29. The van der Waals surface area contributed by atoms with E-state index < -0.39 is 18.4 Å². The maximum absolute atomic E-state index is 11.0. The maximum atomic E-state index is 11.0. The van der Waals surface area contributed by atoms with Crippen LogP contribution in [0.5, 0.6) is 0 Å². The molecule has 0 radical (unpaired) electrons. The molecule has 0 aromatic carbocycles. The average Bonchev–Trinajstić information content (AvgIpc) is 2.12. The van der Waals surface area contributed by atoms with Gasteiger partial charge in [0.15, 0.2) is 6.23 Å². The first-order valence-electron chi connectivity index (χ1n) is 4.98. The van der Waals surface area contributed by atoms with Crippen molar-refractivity contribution in [3.63, 3.8) is 0 Å². The van der Waals surface area contributed by atoms with Crippen molar-refractivity contribution in [2.24, 2.45) is 0 Å². The molecule has 0 bridgehead atoms. The van der Waals surface area contributed by atoms with E-state index in [4.69, 9.17) is 10.2 Å². The molecule has 5 heteroatoms. The van der Waals surface area contributed by atoms with Gasteiger partial charge in [-0.2, -0.15) is 0 Å². The summed E-state index contributed by atoms with van der Waals surface area (Å²) in [6, 6.07) is -0.450. The third kappa shape index (κ3) is 6.68. The molecule has 0 spiro atoms. The summed E-state index contributed by atoms with van der Waals surface area (Å²) in [4.78, 5) is 11.0. The largest absolute Gasteiger partial charge is 0.389 e. The van der Waals surface area contributed by atoms with Crippen LogP contribution in [-0.4, -0.2) is 35.1 Å². The minimum Gasteiger partial charge on any atom is -0.389 e. The van der Waals surface area contributed by atoms with Crippen LogP contribution in [-0.2, 0) is 0 Å². The lowest BCUT2D eigenvalue weighted by molar-refractivity contribution is 0.0168. The number of rotatable bonds is 6. The van der Waals surface area contributed by atoms with Crippen molar-refractivity contribution < 1.29 is 15.0 Å². The van der Waals surface area contributed by atoms with Crippen molar-refractivity contribution in [2.45, 2.75) is 45.4 Å². The lowest BCUT2D eigenvalue weighted by Gasteiger charge is -2.15. The monoisotopic (exact) mass is 204 g/mol. The van der Waals surface area contributed by atoms with Gasteiger partial charge in [0, 0.05) is 6.54 Å². The van der Waals surface area contributed by atoms with Gasteiger partial charge in [-0.15, -0.1) is 0 Å². The molecule has 5 nitrogen and oxygen atoms in total. The summed E-state index contributed by atoms with van der Waals surface area (Å²) in [7, 11) is 0. The van der Waals surface area contributed by atoms with Crippen LogP contribution in [0.15, 0.2) is 0 Å². The standard InChI is InChI=1S/C9H20N2O3/c1-3-4-5-6-10-9(14)11-8(13)7(2)12/h7-8,12-13H,3-6H2,1-2H3,(H2,10,11,14). The van der Waals surface area contributed by atoms with Crippen molar-refractivity contribution in [3.05, 3.63) is 0 Å². The van der Waals surface area contributed by atoms with Gasteiger partial charge in [-0.25, -0.2) is 4.79 Å². The molecule has 0 aromatic heterocycles. The van der Waals surface area contributed by atoms with Gasteiger partial charge in [-0.05, 0) is 13.3 Å². The van der Waals surface area contributed by atoms with E-state index in [9.17, 15) is 4.79 Å². The summed E-state index contributed by atoms with van der Waals surface area (Å²) in [5, 5.41) is 22.8. The summed E-state index contributed by atoms with van der Waals surface area (Å²) in [6.07, 6.45) is 0.922. The molecular weight excluding hydrogens is 184 g/mol. The van der Waals surface area contributed by atoms with Crippen LogP contribution in [0.2, 0.25) is 0 Å². The Hall–Kier alpha value is -0.810. The average molecular weight is 204 g/mol. The van der Waals surface area contributed by atoms with E-state index in [1.165, 1.54) is 6.92 Å². The Labute approximate surface area is 84.5 Å². The predicted octanol–water partition coefficient (Wildman–Crippen LogP) is 0.175. The second kappa shape index (κ2) is 7.58. The van der Waals surface area contributed by atoms with Crippen LogP contribution in [0, 0.1) is 0 Å². The van der Waals surface area contributed by atoms with Gasteiger partial charge in [-0.3, -0.25) is 0 Å². The van der Waals surface area contributed by atoms with Crippen LogP contribution in [0.4, 0.5) is 4.79 Å². The molecule has 0 saturated heterocycles. The smallest absolute Gasteiger partial charge is 0.316 e. The number of carbonyl (C=O) groups is 1. The number of aliphatic hydroxyl groups is 2. The van der Waals surface area contributed by atoms with Gasteiger partial charge >= 0.3 is 6.03 Å². The Morgan fingerprint density at radius 2 is 2.00 bits per heavy atom. The first-order chi connectivity index (χ1) is 6.57. The number of amides is 2. The molecule has 0 aliphatic rings.